The van der Waals surface area contributed by atoms with Crippen LogP contribution in [0.15, 0.2) is 41.4 Å². The van der Waals surface area contributed by atoms with Crippen molar-refractivity contribution in [3.63, 3.8) is 0 Å². The Kier molecular flexibility index (Phi) is 6.39. The van der Waals surface area contributed by atoms with E-state index in [1.807, 2.05) is 37.3 Å². The lowest BCUT2D eigenvalue weighted by molar-refractivity contribution is -0.115. The Morgan fingerprint density at radius 1 is 1.25 bits per heavy atom. The fourth-order valence-electron chi connectivity index (χ4n) is 2.14. The second-order valence-corrected chi connectivity index (χ2v) is 6.92. The number of nitrogens with zero attached hydrogens (tertiary/aromatic N) is 2. The molecule has 0 aliphatic carbocycles. The van der Waals surface area contributed by atoms with E-state index in [-0.39, 0.29) is 5.91 Å². The molecule has 0 spiro atoms. The van der Waals surface area contributed by atoms with Crippen LogP contribution in [0.2, 0.25) is 0 Å². The normalized spacial score (nSPS) is 10.5. The highest BCUT2D eigenvalue weighted by atomic mass is 32.2. The lowest BCUT2D eigenvalue weighted by atomic mass is 10.0. The number of aryl methyl sites for hydroxylation is 1. The molecule has 0 radical (unpaired) electrons. The van der Waals surface area contributed by atoms with Crippen LogP contribution in [0.4, 0.5) is 5.69 Å². The van der Waals surface area contributed by atoms with Gasteiger partial charge in [-0.2, -0.15) is 5.26 Å². The Hall–Kier alpha value is -2.32. The molecular formula is C19H21N3OS. The topological polar surface area (TPSA) is 65.8 Å². The molecule has 0 saturated heterocycles. The first-order valence-electron chi connectivity index (χ1n) is 7.90. The number of amides is 1. The van der Waals surface area contributed by atoms with E-state index in [1.54, 1.807) is 6.07 Å². The highest BCUT2D eigenvalue weighted by Crippen LogP contribution is 2.22. The van der Waals surface area contributed by atoms with Crippen molar-refractivity contribution in [2.45, 2.75) is 38.1 Å². The summed E-state index contributed by atoms with van der Waals surface area (Å²) in [5.41, 5.74) is 3.47. The fraction of sp³-hybridized carbons (Fsp3) is 0.316. The smallest absolute Gasteiger partial charge is 0.225 e. The molecule has 0 atom stereocenters. The van der Waals surface area contributed by atoms with Gasteiger partial charge >= 0.3 is 0 Å². The van der Waals surface area contributed by atoms with Gasteiger partial charge in [0.25, 0.3) is 0 Å². The van der Waals surface area contributed by atoms with E-state index in [2.05, 4.69) is 30.2 Å². The first-order valence-corrected chi connectivity index (χ1v) is 8.88. The summed E-state index contributed by atoms with van der Waals surface area (Å²) in [6, 6.07) is 13.6. The molecule has 124 valence electrons. The predicted molar refractivity (Wildman–Crippen MR) is 98.2 cm³/mol. The lowest BCUT2D eigenvalue weighted by Gasteiger charge is -2.08. The molecule has 24 heavy (non-hydrogen) atoms. The molecule has 0 bridgehead atoms. The Balaban J connectivity index is 1.85. The van der Waals surface area contributed by atoms with Crippen molar-refractivity contribution in [2.75, 3.05) is 11.1 Å². The van der Waals surface area contributed by atoms with E-state index >= 15 is 0 Å². The van der Waals surface area contributed by atoms with Gasteiger partial charge in [0.05, 0.1) is 5.56 Å². The number of hydrogen-bond acceptors (Lipinski definition) is 4. The molecule has 0 saturated carbocycles. The first-order chi connectivity index (χ1) is 11.5. The number of pyridine rings is 1. The third-order valence-corrected chi connectivity index (χ3v) is 4.54. The van der Waals surface area contributed by atoms with E-state index in [1.165, 1.54) is 17.3 Å². The number of carbonyl (C=O) groups excluding carboxylic acids is 1. The number of hydrogen-bond donors (Lipinski definition) is 1. The molecule has 1 heterocycles. The molecule has 0 aliphatic rings. The zero-order valence-electron chi connectivity index (χ0n) is 14.2. The maximum atomic E-state index is 12.0. The third kappa shape index (κ3) is 5.10. The van der Waals surface area contributed by atoms with Crippen molar-refractivity contribution in [3.8, 4) is 6.07 Å². The summed E-state index contributed by atoms with van der Waals surface area (Å²) < 4.78 is 0. The van der Waals surface area contributed by atoms with Gasteiger partial charge in [-0.15, -0.1) is 11.8 Å². The predicted octanol–water partition coefficient (Wildman–Crippen LogP) is 4.51. The van der Waals surface area contributed by atoms with Crippen LogP contribution in [0.5, 0.6) is 0 Å². The largest absolute Gasteiger partial charge is 0.326 e. The minimum Gasteiger partial charge on any atom is -0.326 e. The molecular weight excluding hydrogens is 318 g/mol. The van der Waals surface area contributed by atoms with Gasteiger partial charge in [0.15, 0.2) is 0 Å². The minimum atomic E-state index is -0.0362. The summed E-state index contributed by atoms with van der Waals surface area (Å²) in [4.78, 5) is 16.4. The van der Waals surface area contributed by atoms with E-state index < -0.39 is 0 Å². The molecule has 2 aromatic rings. The Labute approximate surface area is 147 Å². The highest BCUT2D eigenvalue weighted by molar-refractivity contribution is 7.99. The number of carbonyl (C=O) groups is 1. The van der Waals surface area contributed by atoms with Crippen LogP contribution in [0.1, 0.15) is 43.0 Å². The zero-order valence-corrected chi connectivity index (χ0v) is 15.0. The van der Waals surface area contributed by atoms with Crippen LogP contribution < -0.4 is 5.32 Å². The second kappa shape index (κ2) is 8.51. The molecule has 0 unspecified atom stereocenters. The van der Waals surface area contributed by atoms with E-state index in [0.29, 0.717) is 28.7 Å². The van der Waals surface area contributed by atoms with Gasteiger partial charge in [-0.3, -0.25) is 4.79 Å². The van der Waals surface area contributed by atoms with Crippen molar-refractivity contribution in [3.05, 3.63) is 53.2 Å². The number of nitrogens with one attached hydrogen (secondary N) is 1. The maximum absolute atomic E-state index is 12.0. The Morgan fingerprint density at radius 2 is 1.96 bits per heavy atom. The standard InChI is InChI=1S/C19H21N3OS/c1-13(2)15-6-8-17(9-7-15)22-18(23)10-11-24-19-16(12-20)5-4-14(3)21-19/h4-9,13H,10-11H2,1-3H3,(H,22,23). The van der Waals surface area contributed by atoms with Gasteiger partial charge in [-0.25, -0.2) is 4.98 Å². The third-order valence-electron chi connectivity index (χ3n) is 3.55. The monoisotopic (exact) mass is 339 g/mol. The molecule has 0 aliphatic heterocycles. The van der Waals surface area contributed by atoms with Crippen molar-refractivity contribution in [1.29, 1.82) is 5.26 Å². The fourth-order valence-corrected chi connectivity index (χ4v) is 3.10. The lowest BCUT2D eigenvalue weighted by Crippen LogP contribution is -2.12. The number of nitriles is 1. The summed E-state index contributed by atoms with van der Waals surface area (Å²) in [6.45, 7) is 6.16. The van der Waals surface area contributed by atoms with Gasteiger partial charge in [-0.1, -0.05) is 26.0 Å². The second-order valence-electron chi connectivity index (χ2n) is 5.84. The van der Waals surface area contributed by atoms with Gasteiger partial charge in [-0.05, 0) is 42.7 Å². The van der Waals surface area contributed by atoms with Gasteiger partial charge in [0.1, 0.15) is 11.1 Å². The van der Waals surface area contributed by atoms with E-state index in [9.17, 15) is 4.79 Å². The molecule has 4 nitrogen and oxygen atoms in total. The maximum Gasteiger partial charge on any atom is 0.225 e. The van der Waals surface area contributed by atoms with Crippen molar-refractivity contribution < 1.29 is 4.79 Å². The summed E-state index contributed by atoms with van der Waals surface area (Å²) in [5, 5.41) is 12.7. The number of rotatable bonds is 6. The zero-order chi connectivity index (χ0) is 17.5. The molecule has 1 N–H and O–H groups in total. The van der Waals surface area contributed by atoms with Crippen LogP contribution >= 0.6 is 11.8 Å². The highest BCUT2D eigenvalue weighted by Gasteiger charge is 2.08. The molecule has 2 rings (SSSR count). The molecule has 1 amide bonds. The number of benzene rings is 1. The van der Waals surface area contributed by atoms with Gasteiger partial charge in [0.2, 0.25) is 5.91 Å². The molecule has 5 heteroatoms. The van der Waals surface area contributed by atoms with Gasteiger partial charge < -0.3 is 5.32 Å². The van der Waals surface area contributed by atoms with E-state index in [0.717, 1.165) is 11.4 Å². The molecule has 0 fully saturated rings. The summed E-state index contributed by atoms with van der Waals surface area (Å²) in [6.07, 6.45) is 0.372. The Bertz CT molecular complexity index is 748. The average Bonchev–Trinajstić information content (AvgIpc) is 2.55. The summed E-state index contributed by atoms with van der Waals surface area (Å²) >= 11 is 1.44. The molecule has 1 aromatic carbocycles. The average molecular weight is 339 g/mol. The minimum absolute atomic E-state index is 0.0362. The van der Waals surface area contributed by atoms with Crippen LogP contribution in [0.3, 0.4) is 0 Å². The number of aromatic nitrogens is 1. The first kappa shape index (κ1) is 18.0. The number of anilines is 1. The van der Waals surface area contributed by atoms with Crippen molar-refractivity contribution in [2.24, 2.45) is 0 Å². The quantitative estimate of drug-likeness (QED) is 0.787. The van der Waals surface area contributed by atoms with Crippen molar-refractivity contribution in [1.82, 2.24) is 4.98 Å². The Morgan fingerprint density at radius 3 is 2.58 bits per heavy atom. The van der Waals surface area contributed by atoms with Crippen LogP contribution in [0.25, 0.3) is 0 Å². The van der Waals surface area contributed by atoms with E-state index in [4.69, 9.17) is 5.26 Å². The number of thioether (sulfide) groups is 1. The van der Waals surface area contributed by atoms with Crippen LogP contribution in [-0.2, 0) is 4.79 Å². The SMILES string of the molecule is Cc1ccc(C#N)c(SCCC(=O)Nc2ccc(C(C)C)cc2)n1. The summed E-state index contributed by atoms with van der Waals surface area (Å²) in [5.74, 6) is 1.02. The van der Waals surface area contributed by atoms with Crippen LogP contribution in [-0.4, -0.2) is 16.6 Å². The summed E-state index contributed by atoms with van der Waals surface area (Å²) in [7, 11) is 0. The van der Waals surface area contributed by atoms with Gasteiger partial charge in [0, 0.05) is 23.6 Å². The van der Waals surface area contributed by atoms with Crippen LogP contribution in [0, 0.1) is 18.3 Å². The van der Waals surface area contributed by atoms with Crippen molar-refractivity contribution >= 4 is 23.4 Å². The molecule has 1 aromatic heterocycles.